The number of hydrogen-bond donors (Lipinski definition) is 1. The van der Waals surface area contributed by atoms with Gasteiger partial charge in [-0.3, -0.25) is 0 Å². The summed E-state index contributed by atoms with van der Waals surface area (Å²) in [5.41, 5.74) is 6.06. The number of aryl methyl sites for hydroxylation is 1. The number of rotatable bonds is 3. The van der Waals surface area contributed by atoms with Crippen LogP contribution in [-0.4, -0.2) is 22.8 Å². The topological polar surface area (TPSA) is 48.1 Å². The van der Waals surface area contributed by atoms with Crippen molar-refractivity contribution in [3.05, 3.63) is 23.4 Å². The van der Waals surface area contributed by atoms with Crippen molar-refractivity contribution in [3.8, 4) is 5.88 Å². The summed E-state index contributed by atoms with van der Waals surface area (Å²) >= 11 is 4.68. The molecule has 1 heterocycles. The molecule has 7 heteroatoms. The first-order valence-corrected chi connectivity index (χ1v) is 4.67. The summed E-state index contributed by atoms with van der Waals surface area (Å²) in [7, 11) is 0. The minimum Gasteiger partial charge on any atom is -0.467 e. The summed E-state index contributed by atoms with van der Waals surface area (Å²) in [5.74, 6) is -0.190. The van der Waals surface area contributed by atoms with E-state index in [0.717, 1.165) is 0 Å². The van der Waals surface area contributed by atoms with E-state index in [1.54, 1.807) is 13.0 Å². The minimum absolute atomic E-state index is 0.0512. The molecule has 0 aliphatic rings. The number of nitrogens with zero attached hydrogens (tertiary/aromatic N) is 1. The van der Waals surface area contributed by atoms with E-state index < -0.39 is 12.8 Å². The predicted octanol–water partition coefficient (Wildman–Crippen LogP) is 1.97. The van der Waals surface area contributed by atoms with Gasteiger partial charge in [-0.25, -0.2) is 4.98 Å². The van der Waals surface area contributed by atoms with Crippen LogP contribution in [0, 0.1) is 6.92 Å². The molecule has 0 saturated carbocycles. The Bertz CT molecular complexity index is 406. The molecule has 1 rings (SSSR count). The number of hydrogen-bond acceptors (Lipinski definition) is 3. The zero-order chi connectivity index (χ0) is 12.3. The summed E-state index contributed by atoms with van der Waals surface area (Å²) in [6.45, 7) is 0.211. The Hall–Kier alpha value is -1.37. The first-order chi connectivity index (χ1) is 7.29. The van der Waals surface area contributed by atoms with Crippen LogP contribution in [0.3, 0.4) is 0 Å². The molecule has 0 radical (unpaired) electrons. The Morgan fingerprint density at radius 3 is 2.62 bits per heavy atom. The number of ether oxygens (including phenoxy) is 1. The number of alkyl halides is 3. The fourth-order valence-corrected chi connectivity index (χ4v) is 1.14. The fourth-order valence-electron chi connectivity index (χ4n) is 0.981. The normalized spacial score (nSPS) is 11.2. The van der Waals surface area contributed by atoms with Crippen LogP contribution in [0.15, 0.2) is 12.1 Å². The maximum Gasteiger partial charge on any atom is 0.422 e. The first-order valence-electron chi connectivity index (χ1n) is 4.26. The third kappa shape index (κ3) is 3.65. The maximum atomic E-state index is 12.0. The SMILES string of the molecule is Cc1ccc(C(N)=S)c(OCC(F)(F)F)n1. The molecular weight excluding hydrogens is 241 g/mol. The molecule has 0 aliphatic carbocycles. The van der Waals surface area contributed by atoms with Gasteiger partial charge in [0.15, 0.2) is 6.61 Å². The van der Waals surface area contributed by atoms with Crippen LogP contribution >= 0.6 is 12.2 Å². The Morgan fingerprint density at radius 1 is 1.50 bits per heavy atom. The third-order valence-electron chi connectivity index (χ3n) is 1.64. The second-order valence-corrected chi connectivity index (χ2v) is 3.51. The molecule has 0 spiro atoms. The summed E-state index contributed by atoms with van der Waals surface area (Å²) in [6, 6.07) is 3.07. The van der Waals surface area contributed by atoms with Crippen molar-refractivity contribution >= 4 is 17.2 Å². The lowest BCUT2D eigenvalue weighted by atomic mass is 10.2. The van der Waals surface area contributed by atoms with Crippen LogP contribution in [0.25, 0.3) is 0 Å². The van der Waals surface area contributed by atoms with Gasteiger partial charge >= 0.3 is 6.18 Å². The second-order valence-electron chi connectivity index (χ2n) is 3.07. The zero-order valence-corrected chi connectivity index (χ0v) is 9.15. The zero-order valence-electron chi connectivity index (χ0n) is 8.34. The lowest BCUT2D eigenvalue weighted by Gasteiger charge is -2.11. The van der Waals surface area contributed by atoms with Crippen molar-refractivity contribution in [2.45, 2.75) is 13.1 Å². The molecule has 0 amide bonds. The highest BCUT2D eigenvalue weighted by Crippen LogP contribution is 2.20. The molecule has 0 saturated heterocycles. The third-order valence-corrected chi connectivity index (χ3v) is 1.86. The van der Waals surface area contributed by atoms with E-state index in [2.05, 4.69) is 21.9 Å². The van der Waals surface area contributed by atoms with Crippen LogP contribution in [-0.2, 0) is 0 Å². The largest absolute Gasteiger partial charge is 0.467 e. The molecule has 1 aromatic heterocycles. The van der Waals surface area contributed by atoms with Crippen LogP contribution in [0.2, 0.25) is 0 Å². The maximum absolute atomic E-state index is 12.0. The molecule has 3 nitrogen and oxygen atoms in total. The molecule has 1 aromatic rings. The van der Waals surface area contributed by atoms with Gasteiger partial charge in [-0.15, -0.1) is 0 Å². The van der Waals surface area contributed by atoms with E-state index in [1.165, 1.54) is 6.07 Å². The molecule has 88 valence electrons. The Kier molecular flexibility index (Phi) is 3.69. The van der Waals surface area contributed by atoms with Gasteiger partial charge in [0.2, 0.25) is 5.88 Å². The molecule has 0 atom stereocenters. The smallest absolute Gasteiger partial charge is 0.422 e. The molecule has 0 unspecified atom stereocenters. The number of pyridine rings is 1. The quantitative estimate of drug-likeness (QED) is 0.833. The number of aromatic nitrogens is 1. The number of nitrogens with two attached hydrogens (primary N) is 1. The molecule has 16 heavy (non-hydrogen) atoms. The second kappa shape index (κ2) is 4.65. The van der Waals surface area contributed by atoms with Gasteiger partial charge < -0.3 is 10.5 Å². The number of thiocarbonyl (C=S) groups is 1. The highest BCUT2D eigenvalue weighted by atomic mass is 32.1. The number of halogens is 3. The van der Waals surface area contributed by atoms with E-state index in [1.807, 2.05) is 0 Å². The molecule has 0 bridgehead atoms. The van der Waals surface area contributed by atoms with Crippen molar-refractivity contribution in [2.75, 3.05) is 6.61 Å². The van der Waals surface area contributed by atoms with Gasteiger partial charge in [-0.1, -0.05) is 12.2 Å². The average molecular weight is 250 g/mol. The van der Waals surface area contributed by atoms with Crippen molar-refractivity contribution < 1.29 is 17.9 Å². The standard InChI is InChI=1S/C9H9F3N2OS/c1-5-2-3-6(7(13)16)8(14-5)15-4-9(10,11)12/h2-3H,4H2,1H3,(H2,13,16). The van der Waals surface area contributed by atoms with Crippen molar-refractivity contribution in [3.63, 3.8) is 0 Å². The predicted molar refractivity (Wildman–Crippen MR) is 56.4 cm³/mol. The molecule has 0 fully saturated rings. The Labute approximate surface area is 95.4 Å². The van der Waals surface area contributed by atoms with Gasteiger partial charge in [0, 0.05) is 5.69 Å². The van der Waals surface area contributed by atoms with Crippen molar-refractivity contribution in [2.24, 2.45) is 5.73 Å². The van der Waals surface area contributed by atoms with E-state index in [9.17, 15) is 13.2 Å². The van der Waals surface area contributed by atoms with Crippen molar-refractivity contribution in [1.82, 2.24) is 4.98 Å². The van der Waals surface area contributed by atoms with Crippen LogP contribution in [0.1, 0.15) is 11.3 Å². The van der Waals surface area contributed by atoms with Crippen molar-refractivity contribution in [1.29, 1.82) is 0 Å². The summed E-state index contributed by atoms with van der Waals surface area (Å²) in [5, 5.41) is 0. The molecule has 2 N–H and O–H groups in total. The molecule has 0 aromatic carbocycles. The summed E-state index contributed by atoms with van der Waals surface area (Å²) in [6.07, 6.45) is -4.42. The summed E-state index contributed by atoms with van der Waals surface area (Å²) < 4.78 is 40.4. The highest BCUT2D eigenvalue weighted by Gasteiger charge is 2.29. The van der Waals surface area contributed by atoms with E-state index in [-0.39, 0.29) is 16.4 Å². The minimum atomic E-state index is -4.42. The van der Waals surface area contributed by atoms with Gasteiger partial charge in [-0.2, -0.15) is 13.2 Å². The molecule has 0 aliphatic heterocycles. The fraction of sp³-hybridized carbons (Fsp3) is 0.333. The van der Waals surface area contributed by atoms with E-state index in [0.29, 0.717) is 5.69 Å². The van der Waals surface area contributed by atoms with Gasteiger partial charge in [0.25, 0.3) is 0 Å². The van der Waals surface area contributed by atoms with Gasteiger partial charge in [-0.05, 0) is 19.1 Å². The summed E-state index contributed by atoms with van der Waals surface area (Å²) in [4.78, 5) is 3.76. The Morgan fingerprint density at radius 2 is 2.12 bits per heavy atom. The molecular formula is C9H9F3N2OS. The van der Waals surface area contributed by atoms with Gasteiger partial charge in [0.05, 0.1) is 5.56 Å². The van der Waals surface area contributed by atoms with Crippen LogP contribution in [0.4, 0.5) is 13.2 Å². The lowest BCUT2D eigenvalue weighted by molar-refractivity contribution is -0.154. The van der Waals surface area contributed by atoms with Crippen LogP contribution < -0.4 is 10.5 Å². The monoisotopic (exact) mass is 250 g/mol. The first kappa shape index (κ1) is 12.7. The van der Waals surface area contributed by atoms with Gasteiger partial charge in [0.1, 0.15) is 4.99 Å². The average Bonchev–Trinajstić information content (AvgIpc) is 2.13. The van der Waals surface area contributed by atoms with E-state index >= 15 is 0 Å². The van der Waals surface area contributed by atoms with E-state index in [4.69, 9.17) is 5.73 Å². The van der Waals surface area contributed by atoms with Crippen LogP contribution in [0.5, 0.6) is 5.88 Å². The highest BCUT2D eigenvalue weighted by molar-refractivity contribution is 7.80. The Balaban J connectivity index is 2.93. The lowest BCUT2D eigenvalue weighted by Crippen LogP contribution is -2.22.